The lowest BCUT2D eigenvalue weighted by Gasteiger charge is -2.26. The van der Waals surface area contributed by atoms with Gasteiger partial charge in [0.2, 0.25) is 0 Å². The van der Waals surface area contributed by atoms with Gasteiger partial charge in [-0.2, -0.15) is 0 Å². The summed E-state index contributed by atoms with van der Waals surface area (Å²) in [5, 5.41) is 3.25. The average molecular weight is 283 g/mol. The molecule has 2 rings (SSSR count). The molecule has 20 heavy (non-hydrogen) atoms. The molecule has 0 saturated carbocycles. The standard InChI is InChI=1S/C16H23F2NO/c1-4-9-19-16(13-8-6-11(3)20-13)14-12(17)7-5-10(2)15(14)18/h5,7,11,13,16,19H,4,6,8-9H2,1-3H3. The number of hydrogen-bond donors (Lipinski definition) is 1. The molecule has 1 N–H and O–H groups in total. The van der Waals surface area contributed by atoms with Crippen molar-refractivity contribution in [3.8, 4) is 0 Å². The van der Waals surface area contributed by atoms with Crippen molar-refractivity contribution in [3.05, 3.63) is 34.9 Å². The highest BCUT2D eigenvalue weighted by Gasteiger charge is 2.33. The number of nitrogens with one attached hydrogen (secondary N) is 1. The van der Waals surface area contributed by atoms with Crippen molar-refractivity contribution < 1.29 is 13.5 Å². The predicted octanol–water partition coefficient (Wildman–Crippen LogP) is 3.88. The molecule has 2 nitrogen and oxygen atoms in total. The zero-order chi connectivity index (χ0) is 14.7. The lowest BCUT2D eigenvalue weighted by molar-refractivity contribution is 0.0299. The summed E-state index contributed by atoms with van der Waals surface area (Å²) in [7, 11) is 0. The lowest BCUT2D eigenvalue weighted by atomic mass is 9.96. The second kappa shape index (κ2) is 6.64. The molecule has 1 saturated heterocycles. The summed E-state index contributed by atoms with van der Waals surface area (Å²) in [5.41, 5.74) is 0.591. The first-order chi connectivity index (χ1) is 9.54. The first-order valence-electron chi connectivity index (χ1n) is 7.38. The van der Waals surface area contributed by atoms with Gasteiger partial charge in [-0.05, 0) is 51.3 Å². The Kier molecular flexibility index (Phi) is 5.11. The molecule has 0 amide bonds. The Morgan fingerprint density at radius 1 is 1.35 bits per heavy atom. The van der Waals surface area contributed by atoms with Crippen LogP contribution in [0.15, 0.2) is 12.1 Å². The fourth-order valence-corrected chi connectivity index (χ4v) is 2.76. The van der Waals surface area contributed by atoms with Crippen LogP contribution in [0.1, 0.15) is 50.3 Å². The molecule has 1 heterocycles. The van der Waals surface area contributed by atoms with Crippen molar-refractivity contribution in [2.45, 2.75) is 58.3 Å². The van der Waals surface area contributed by atoms with Crippen LogP contribution in [0.3, 0.4) is 0 Å². The molecule has 4 heteroatoms. The number of aryl methyl sites for hydroxylation is 1. The molecule has 0 radical (unpaired) electrons. The molecule has 112 valence electrons. The van der Waals surface area contributed by atoms with Gasteiger partial charge in [0, 0.05) is 5.56 Å². The van der Waals surface area contributed by atoms with Gasteiger partial charge in [0.1, 0.15) is 11.6 Å². The number of benzene rings is 1. The maximum atomic E-state index is 14.4. The van der Waals surface area contributed by atoms with Gasteiger partial charge >= 0.3 is 0 Å². The Bertz CT molecular complexity index is 464. The van der Waals surface area contributed by atoms with Crippen LogP contribution in [0.5, 0.6) is 0 Å². The van der Waals surface area contributed by atoms with Crippen LogP contribution in [-0.2, 0) is 4.74 Å². The third kappa shape index (κ3) is 3.18. The molecule has 1 aliphatic heterocycles. The Hall–Kier alpha value is -1.00. The minimum atomic E-state index is -0.496. The summed E-state index contributed by atoms with van der Waals surface area (Å²) in [6.45, 7) is 6.41. The molecule has 0 aliphatic carbocycles. The van der Waals surface area contributed by atoms with E-state index >= 15 is 0 Å². The predicted molar refractivity (Wildman–Crippen MR) is 75.7 cm³/mol. The van der Waals surface area contributed by atoms with Gasteiger partial charge in [-0.3, -0.25) is 0 Å². The zero-order valence-electron chi connectivity index (χ0n) is 12.4. The highest BCUT2D eigenvalue weighted by Crippen LogP contribution is 2.33. The van der Waals surface area contributed by atoms with Crippen LogP contribution in [0.25, 0.3) is 0 Å². The quantitative estimate of drug-likeness (QED) is 0.885. The third-order valence-corrected chi connectivity index (χ3v) is 3.88. The van der Waals surface area contributed by atoms with E-state index in [0.717, 1.165) is 19.3 Å². The molecule has 3 unspecified atom stereocenters. The Balaban J connectivity index is 2.33. The maximum Gasteiger partial charge on any atom is 0.133 e. The van der Waals surface area contributed by atoms with E-state index < -0.39 is 17.7 Å². The molecular weight excluding hydrogens is 260 g/mol. The van der Waals surface area contributed by atoms with E-state index in [1.54, 1.807) is 6.92 Å². The third-order valence-electron chi connectivity index (χ3n) is 3.88. The molecular formula is C16H23F2NO. The highest BCUT2D eigenvalue weighted by molar-refractivity contribution is 5.30. The van der Waals surface area contributed by atoms with Gasteiger partial charge < -0.3 is 10.1 Å². The SMILES string of the molecule is CCCNC(c1c(F)ccc(C)c1F)C1CCC(C)O1. The second-order valence-electron chi connectivity index (χ2n) is 5.59. The molecule has 3 atom stereocenters. The maximum absolute atomic E-state index is 14.4. The molecule has 0 aromatic heterocycles. The van der Waals surface area contributed by atoms with E-state index in [4.69, 9.17) is 4.74 Å². The minimum Gasteiger partial charge on any atom is -0.373 e. The van der Waals surface area contributed by atoms with Crippen LogP contribution in [0.2, 0.25) is 0 Å². The van der Waals surface area contributed by atoms with Crippen molar-refractivity contribution in [1.29, 1.82) is 0 Å². The van der Waals surface area contributed by atoms with Gasteiger partial charge in [0.15, 0.2) is 0 Å². The monoisotopic (exact) mass is 283 g/mol. The summed E-state index contributed by atoms with van der Waals surface area (Å²) in [6.07, 6.45) is 2.66. The average Bonchev–Trinajstić information content (AvgIpc) is 2.84. The Morgan fingerprint density at radius 2 is 2.10 bits per heavy atom. The second-order valence-corrected chi connectivity index (χ2v) is 5.59. The van der Waals surface area contributed by atoms with Crippen molar-refractivity contribution in [2.24, 2.45) is 0 Å². The van der Waals surface area contributed by atoms with Gasteiger partial charge in [-0.15, -0.1) is 0 Å². The molecule has 0 bridgehead atoms. The lowest BCUT2D eigenvalue weighted by Crippen LogP contribution is -2.34. The number of hydrogen-bond acceptors (Lipinski definition) is 2. The Labute approximate surface area is 119 Å². The van der Waals surface area contributed by atoms with Crippen LogP contribution < -0.4 is 5.32 Å². The number of halogens is 2. The summed E-state index contributed by atoms with van der Waals surface area (Å²) in [6, 6.07) is 2.40. The molecule has 1 aliphatic rings. The van der Waals surface area contributed by atoms with E-state index in [2.05, 4.69) is 5.32 Å². The first kappa shape index (κ1) is 15.4. The molecule has 1 fully saturated rings. The fraction of sp³-hybridized carbons (Fsp3) is 0.625. The molecule has 0 spiro atoms. The summed E-state index contributed by atoms with van der Waals surface area (Å²) in [4.78, 5) is 0. The van der Waals surface area contributed by atoms with Crippen molar-refractivity contribution in [2.75, 3.05) is 6.54 Å². The van der Waals surface area contributed by atoms with E-state index in [1.165, 1.54) is 12.1 Å². The topological polar surface area (TPSA) is 21.3 Å². The largest absolute Gasteiger partial charge is 0.373 e. The number of rotatable bonds is 5. The summed E-state index contributed by atoms with van der Waals surface area (Å²) >= 11 is 0. The van der Waals surface area contributed by atoms with Gasteiger partial charge in [0.25, 0.3) is 0 Å². The molecule has 1 aromatic carbocycles. The minimum absolute atomic E-state index is 0.123. The van der Waals surface area contributed by atoms with Gasteiger partial charge in [-0.1, -0.05) is 13.0 Å². The highest BCUT2D eigenvalue weighted by atomic mass is 19.1. The first-order valence-corrected chi connectivity index (χ1v) is 7.38. The van der Waals surface area contributed by atoms with E-state index in [-0.39, 0.29) is 17.8 Å². The van der Waals surface area contributed by atoms with Crippen LogP contribution in [0.4, 0.5) is 8.78 Å². The van der Waals surface area contributed by atoms with E-state index in [1.807, 2.05) is 13.8 Å². The fourth-order valence-electron chi connectivity index (χ4n) is 2.76. The van der Waals surface area contributed by atoms with Crippen LogP contribution in [-0.4, -0.2) is 18.8 Å². The van der Waals surface area contributed by atoms with Gasteiger partial charge in [0.05, 0.1) is 18.2 Å². The van der Waals surface area contributed by atoms with Crippen LogP contribution in [0, 0.1) is 18.6 Å². The molecule has 1 aromatic rings. The number of ether oxygens (including phenoxy) is 1. The Morgan fingerprint density at radius 3 is 2.70 bits per heavy atom. The van der Waals surface area contributed by atoms with E-state index in [9.17, 15) is 8.78 Å². The zero-order valence-corrected chi connectivity index (χ0v) is 12.4. The van der Waals surface area contributed by atoms with E-state index in [0.29, 0.717) is 12.1 Å². The van der Waals surface area contributed by atoms with Crippen molar-refractivity contribution in [3.63, 3.8) is 0 Å². The van der Waals surface area contributed by atoms with Crippen molar-refractivity contribution >= 4 is 0 Å². The summed E-state index contributed by atoms with van der Waals surface area (Å²) in [5.74, 6) is -0.952. The normalized spacial score (nSPS) is 24.1. The van der Waals surface area contributed by atoms with Crippen LogP contribution >= 0.6 is 0 Å². The van der Waals surface area contributed by atoms with Crippen molar-refractivity contribution in [1.82, 2.24) is 5.32 Å². The summed E-state index contributed by atoms with van der Waals surface area (Å²) < 4.78 is 34.3. The van der Waals surface area contributed by atoms with Gasteiger partial charge in [-0.25, -0.2) is 8.78 Å². The smallest absolute Gasteiger partial charge is 0.133 e.